The second kappa shape index (κ2) is 7.41. The molecule has 3 saturated heterocycles. The van der Waals surface area contributed by atoms with Gasteiger partial charge in [-0.2, -0.15) is 0 Å². The van der Waals surface area contributed by atoms with Gasteiger partial charge < -0.3 is 14.5 Å². The fourth-order valence-electron chi connectivity index (χ4n) is 5.31. The van der Waals surface area contributed by atoms with E-state index in [1.165, 1.54) is 12.3 Å². The Hall–Kier alpha value is -2.47. The zero-order valence-corrected chi connectivity index (χ0v) is 16.5. The number of halogens is 1. The van der Waals surface area contributed by atoms with Crippen molar-refractivity contribution in [2.75, 3.05) is 44.3 Å². The van der Waals surface area contributed by atoms with Gasteiger partial charge in [0.1, 0.15) is 11.6 Å². The predicted octanol–water partition coefficient (Wildman–Crippen LogP) is 2.86. The summed E-state index contributed by atoms with van der Waals surface area (Å²) < 4.78 is 18.8. The van der Waals surface area contributed by atoms with Crippen molar-refractivity contribution in [3.05, 3.63) is 60.0 Å². The highest BCUT2D eigenvalue weighted by atomic mass is 19.1. The van der Waals surface area contributed by atoms with Crippen molar-refractivity contribution >= 4 is 11.7 Å². The molecule has 1 aromatic carbocycles. The van der Waals surface area contributed by atoms with Crippen LogP contribution in [0.1, 0.15) is 18.4 Å². The minimum Gasteiger partial charge on any atom is -0.381 e. The van der Waals surface area contributed by atoms with Gasteiger partial charge in [0.2, 0.25) is 5.91 Å². The number of likely N-dealkylation sites (tertiary alicyclic amines) is 1. The van der Waals surface area contributed by atoms with Crippen molar-refractivity contribution in [1.82, 2.24) is 9.88 Å². The number of nitrogens with zero attached hydrogens (tertiary/aromatic N) is 3. The summed E-state index contributed by atoms with van der Waals surface area (Å²) >= 11 is 0. The first-order valence-electron chi connectivity index (χ1n) is 10.4. The van der Waals surface area contributed by atoms with Crippen molar-refractivity contribution in [3.8, 4) is 0 Å². The van der Waals surface area contributed by atoms with Crippen LogP contribution in [-0.2, 0) is 14.9 Å². The van der Waals surface area contributed by atoms with E-state index in [1.807, 2.05) is 18.2 Å². The van der Waals surface area contributed by atoms with E-state index in [0.29, 0.717) is 25.0 Å². The fourth-order valence-corrected chi connectivity index (χ4v) is 5.31. The molecule has 0 bridgehead atoms. The molecule has 4 heterocycles. The van der Waals surface area contributed by atoms with Gasteiger partial charge in [0.05, 0.1) is 11.6 Å². The normalized spacial score (nSPS) is 25.8. The highest BCUT2D eigenvalue weighted by Crippen LogP contribution is 2.40. The van der Waals surface area contributed by atoms with Gasteiger partial charge in [-0.15, -0.1) is 0 Å². The van der Waals surface area contributed by atoms with Crippen LogP contribution in [0.15, 0.2) is 48.7 Å². The van der Waals surface area contributed by atoms with Crippen LogP contribution >= 0.6 is 0 Å². The van der Waals surface area contributed by atoms with Crippen molar-refractivity contribution in [3.63, 3.8) is 0 Å². The molecule has 2 atom stereocenters. The number of ether oxygens (including phenoxy) is 1. The lowest BCUT2D eigenvalue weighted by Gasteiger charge is -2.39. The van der Waals surface area contributed by atoms with Gasteiger partial charge in [-0.05, 0) is 30.5 Å². The fraction of sp³-hybridized carbons (Fsp3) is 0.478. The Kier molecular flexibility index (Phi) is 4.74. The summed E-state index contributed by atoms with van der Waals surface area (Å²) in [5.41, 5.74) is 0.651. The first-order valence-corrected chi connectivity index (χ1v) is 10.4. The van der Waals surface area contributed by atoms with Crippen LogP contribution in [-0.4, -0.2) is 55.2 Å². The van der Waals surface area contributed by atoms with E-state index in [4.69, 9.17) is 4.74 Å². The number of anilines is 1. The number of amides is 1. The molecule has 6 heteroatoms. The van der Waals surface area contributed by atoms with E-state index < -0.39 is 5.41 Å². The Bertz CT molecular complexity index is 853. The molecular weight excluding hydrogens is 369 g/mol. The lowest BCUT2D eigenvalue weighted by Crippen LogP contribution is -2.50. The number of fused-ring (bicyclic) bond motifs is 1. The zero-order valence-electron chi connectivity index (χ0n) is 16.5. The van der Waals surface area contributed by atoms with Crippen LogP contribution in [0.25, 0.3) is 0 Å². The summed E-state index contributed by atoms with van der Waals surface area (Å²) in [5.74, 6) is 1.65. The second-order valence-corrected chi connectivity index (χ2v) is 8.53. The van der Waals surface area contributed by atoms with Gasteiger partial charge in [-0.1, -0.05) is 30.3 Å². The van der Waals surface area contributed by atoms with Gasteiger partial charge in [0.15, 0.2) is 0 Å². The molecule has 0 saturated carbocycles. The van der Waals surface area contributed by atoms with E-state index in [1.54, 1.807) is 6.07 Å². The first-order chi connectivity index (χ1) is 14.2. The predicted molar refractivity (Wildman–Crippen MR) is 108 cm³/mol. The van der Waals surface area contributed by atoms with Gasteiger partial charge in [-0.25, -0.2) is 9.37 Å². The summed E-state index contributed by atoms with van der Waals surface area (Å²) in [5, 5.41) is 0. The summed E-state index contributed by atoms with van der Waals surface area (Å²) in [6.07, 6.45) is 2.76. The Balaban J connectivity index is 1.31. The number of hydrogen-bond donors (Lipinski definition) is 0. The van der Waals surface area contributed by atoms with Gasteiger partial charge in [-0.3, -0.25) is 4.79 Å². The number of carbonyl (C=O) groups is 1. The molecule has 3 aliphatic rings. The maximum absolute atomic E-state index is 13.7. The Morgan fingerprint density at radius 2 is 1.69 bits per heavy atom. The molecule has 152 valence electrons. The number of carbonyl (C=O) groups excluding carboxylic acids is 1. The van der Waals surface area contributed by atoms with Crippen LogP contribution < -0.4 is 4.90 Å². The third-order valence-electron chi connectivity index (χ3n) is 6.89. The highest BCUT2D eigenvalue weighted by Gasteiger charge is 2.49. The van der Waals surface area contributed by atoms with Crippen LogP contribution in [0.4, 0.5) is 10.2 Å². The van der Waals surface area contributed by atoms with Crippen molar-refractivity contribution < 1.29 is 13.9 Å². The van der Waals surface area contributed by atoms with Crippen molar-refractivity contribution in [1.29, 1.82) is 0 Å². The standard InChI is InChI=1S/C23H26FN3O2/c24-20-6-7-21(25-12-20)26-13-17-15-27(16-18(17)14-26)22(28)23(8-10-29-11-9-23)19-4-2-1-3-5-19/h1-7,12,17-18H,8-11,13-16H2. The van der Waals surface area contributed by atoms with Crippen molar-refractivity contribution in [2.45, 2.75) is 18.3 Å². The van der Waals surface area contributed by atoms with E-state index in [-0.39, 0.29) is 11.7 Å². The van der Waals surface area contributed by atoms with E-state index in [0.717, 1.165) is 50.4 Å². The lowest BCUT2D eigenvalue weighted by molar-refractivity contribution is -0.140. The van der Waals surface area contributed by atoms with Crippen molar-refractivity contribution in [2.24, 2.45) is 11.8 Å². The average molecular weight is 395 g/mol. The number of rotatable bonds is 3. The Morgan fingerprint density at radius 1 is 1.00 bits per heavy atom. The van der Waals surface area contributed by atoms with Crippen LogP contribution in [0, 0.1) is 17.7 Å². The van der Waals surface area contributed by atoms with E-state index in [9.17, 15) is 9.18 Å². The number of benzene rings is 1. The molecule has 1 aromatic heterocycles. The smallest absolute Gasteiger partial charge is 0.233 e. The summed E-state index contributed by atoms with van der Waals surface area (Å²) in [6.45, 7) is 4.58. The summed E-state index contributed by atoms with van der Waals surface area (Å²) in [4.78, 5) is 22.3. The minimum absolute atomic E-state index is 0.257. The SMILES string of the molecule is O=C(N1CC2CN(c3ccc(F)cn3)CC2C1)C1(c2ccccc2)CCOCC1. The van der Waals surface area contributed by atoms with Crippen LogP contribution in [0.2, 0.25) is 0 Å². The molecule has 29 heavy (non-hydrogen) atoms. The molecule has 5 nitrogen and oxygen atoms in total. The number of hydrogen-bond acceptors (Lipinski definition) is 4. The quantitative estimate of drug-likeness (QED) is 0.802. The summed E-state index contributed by atoms with van der Waals surface area (Å²) in [6, 6.07) is 13.4. The monoisotopic (exact) mass is 395 g/mol. The number of aromatic nitrogens is 1. The molecule has 1 amide bonds. The minimum atomic E-state index is -0.462. The zero-order chi connectivity index (χ0) is 19.8. The maximum atomic E-state index is 13.7. The highest BCUT2D eigenvalue weighted by molar-refractivity contribution is 5.88. The largest absolute Gasteiger partial charge is 0.381 e. The molecule has 0 aliphatic carbocycles. The molecule has 0 spiro atoms. The van der Waals surface area contributed by atoms with Gasteiger partial charge >= 0.3 is 0 Å². The second-order valence-electron chi connectivity index (χ2n) is 8.53. The van der Waals surface area contributed by atoms with Crippen LogP contribution in [0.5, 0.6) is 0 Å². The van der Waals surface area contributed by atoms with Gasteiger partial charge in [0, 0.05) is 51.2 Å². The van der Waals surface area contributed by atoms with E-state index >= 15 is 0 Å². The molecule has 0 radical (unpaired) electrons. The molecule has 2 unspecified atom stereocenters. The number of pyridine rings is 1. The van der Waals surface area contributed by atoms with Crippen LogP contribution in [0.3, 0.4) is 0 Å². The maximum Gasteiger partial charge on any atom is 0.233 e. The third kappa shape index (κ3) is 3.29. The third-order valence-corrected chi connectivity index (χ3v) is 6.89. The molecule has 0 N–H and O–H groups in total. The molecular formula is C23H26FN3O2. The Morgan fingerprint density at radius 3 is 2.31 bits per heavy atom. The molecule has 5 rings (SSSR count). The topological polar surface area (TPSA) is 45.7 Å². The lowest BCUT2D eigenvalue weighted by atomic mass is 9.73. The summed E-state index contributed by atoms with van der Waals surface area (Å²) in [7, 11) is 0. The molecule has 2 aromatic rings. The van der Waals surface area contributed by atoms with Gasteiger partial charge in [0.25, 0.3) is 0 Å². The first kappa shape index (κ1) is 18.6. The molecule has 3 fully saturated rings. The van der Waals surface area contributed by atoms with E-state index in [2.05, 4.69) is 26.9 Å². The molecule has 3 aliphatic heterocycles. The Labute approximate surface area is 170 Å². The average Bonchev–Trinajstić information content (AvgIpc) is 3.34.